The maximum absolute atomic E-state index is 12.9. The summed E-state index contributed by atoms with van der Waals surface area (Å²) in [7, 11) is 2.00. The zero-order valence-corrected chi connectivity index (χ0v) is 16.1. The quantitative estimate of drug-likeness (QED) is 0.764. The second-order valence-electron chi connectivity index (χ2n) is 6.69. The highest BCUT2D eigenvalue weighted by Gasteiger charge is 2.30. The van der Waals surface area contributed by atoms with Gasteiger partial charge in [-0.3, -0.25) is 4.79 Å². The largest absolute Gasteiger partial charge is 0.311 e. The number of amides is 1. The smallest absolute Gasteiger partial charge is 0.237 e. The van der Waals surface area contributed by atoms with Crippen LogP contribution in [0.1, 0.15) is 37.9 Å². The van der Waals surface area contributed by atoms with Gasteiger partial charge in [-0.05, 0) is 31.4 Å². The number of hydrogen-bond donors (Lipinski definition) is 0. The number of rotatable bonds is 4. The van der Waals surface area contributed by atoms with Crippen LogP contribution >= 0.6 is 23.5 Å². The van der Waals surface area contributed by atoms with E-state index in [2.05, 4.69) is 29.3 Å². The summed E-state index contributed by atoms with van der Waals surface area (Å²) in [6.07, 6.45) is 3.41. The Labute approximate surface area is 156 Å². The number of thioether (sulfide) groups is 2. The van der Waals surface area contributed by atoms with Gasteiger partial charge in [0.2, 0.25) is 5.91 Å². The SMILES string of the molecule is CC1CCN(C(=O)CSc2nnc(C3CC3)n2C)c2ccccc2S1. The molecule has 2 heterocycles. The maximum Gasteiger partial charge on any atom is 0.237 e. The van der Waals surface area contributed by atoms with Gasteiger partial charge >= 0.3 is 0 Å². The molecule has 1 atom stereocenters. The minimum Gasteiger partial charge on any atom is -0.311 e. The van der Waals surface area contributed by atoms with Crippen LogP contribution in [0.4, 0.5) is 5.69 Å². The molecule has 1 amide bonds. The van der Waals surface area contributed by atoms with Crippen molar-refractivity contribution in [1.82, 2.24) is 14.8 Å². The molecule has 1 fully saturated rings. The Balaban J connectivity index is 1.47. The summed E-state index contributed by atoms with van der Waals surface area (Å²) >= 11 is 3.35. The zero-order chi connectivity index (χ0) is 17.4. The summed E-state index contributed by atoms with van der Waals surface area (Å²) in [5.74, 6) is 2.16. The summed E-state index contributed by atoms with van der Waals surface area (Å²) in [4.78, 5) is 16.0. The molecule has 2 aliphatic rings. The van der Waals surface area contributed by atoms with Gasteiger partial charge < -0.3 is 9.47 Å². The minimum absolute atomic E-state index is 0.142. The molecule has 132 valence electrons. The van der Waals surface area contributed by atoms with Crippen molar-refractivity contribution in [1.29, 1.82) is 0 Å². The van der Waals surface area contributed by atoms with Crippen LogP contribution in [0.5, 0.6) is 0 Å². The molecule has 4 rings (SSSR count). The molecule has 1 unspecified atom stereocenters. The summed E-state index contributed by atoms with van der Waals surface area (Å²) in [6, 6.07) is 8.21. The molecular formula is C18H22N4OS2. The van der Waals surface area contributed by atoms with E-state index in [1.165, 1.54) is 29.5 Å². The number of anilines is 1. The maximum atomic E-state index is 12.9. The van der Waals surface area contributed by atoms with Crippen LogP contribution in [0.25, 0.3) is 0 Å². The predicted molar refractivity (Wildman–Crippen MR) is 102 cm³/mol. The molecule has 1 saturated carbocycles. The fraction of sp³-hybridized carbons (Fsp3) is 0.500. The average Bonchev–Trinajstić information content (AvgIpc) is 3.39. The van der Waals surface area contributed by atoms with E-state index in [0.29, 0.717) is 16.9 Å². The number of hydrogen-bond acceptors (Lipinski definition) is 5. The Kier molecular flexibility index (Phi) is 4.78. The number of fused-ring (bicyclic) bond motifs is 1. The van der Waals surface area contributed by atoms with Crippen molar-refractivity contribution in [3.63, 3.8) is 0 Å². The number of benzene rings is 1. The molecule has 0 spiro atoms. The van der Waals surface area contributed by atoms with Crippen LogP contribution in [-0.2, 0) is 11.8 Å². The van der Waals surface area contributed by atoms with E-state index in [1.54, 1.807) is 0 Å². The molecular weight excluding hydrogens is 352 g/mol. The van der Waals surface area contributed by atoms with Gasteiger partial charge in [-0.1, -0.05) is 30.8 Å². The van der Waals surface area contributed by atoms with Crippen molar-refractivity contribution in [2.45, 2.75) is 47.4 Å². The predicted octanol–water partition coefficient (Wildman–Crippen LogP) is 3.70. The third-order valence-electron chi connectivity index (χ3n) is 4.68. The molecule has 0 radical (unpaired) electrons. The van der Waals surface area contributed by atoms with Crippen molar-refractivity contribution < 1.29 is 4.79 Å². The average molecular weight is 375 g/mol. The molecule has 0 bridgehead atoms. The summed E-state index contributed by atoms with van der Waals surface area (Å²) < 4.78 is 2.05. The van der Waals surface area contributed by atoms with Gasteiger partial charge in [0.05, 0.1) is 11.4 Å². The Hall–Kier alpha value is -1.47. The van der Waals surface area contributed by atoms with Gasteiger partial charge in [0.1, 0.15) is 5.82 Å². The Morgan fingerprint density at radius 2 is 2.08 bits per heavy atom. The zero-order valence-electron chi connectivity index (χ0n) is 14.5. The normalized spacial score (nSPS) is 20.2. The van der Waals surface area contributed by atoms with E-state index < -0.39 is 0 Å². The number of carbonyl (C=O) groups is 1. The van der Waals surface area contributed by atoms with Crippen LogP contribution in [0.2, 0.25) is 0 Å². The molecule has 7 heteroatoms. The van der Waals surface area contributed by atoms with Crippen LogP contribution in [0.15, 0.2) is 34.3 Å². The second-order valence-corrected chi connectivity index (χ2v) is 9.12. The second kappa shape index (κ2) is 7.03. The molecule has 0 saturated heterocycles. The lowest BCUT2D eigenvalue weighted by Gasteiger charge is -2.22. The van der Waals surface area contributed by atoms with Gasteiger partial charge in [0.15, 0.2) is 5.16 Å². The lowest BCUT2D eigenvalue weighted by molar-refractivity contribution is -0.116. The van der Waals surface area contributed by atoms with Crippen LogP contribution in [-0.4, -0.2) is 38.2 Å². The number of aromatic nitrogens is 3. The van der Waals surface area contributed by atoms with E-state index in [-0.39, 0.29) is 5.91 Å². The molecule has 1 aromatic heterocycles. The van der Waals surface area contributed by atoms with E-state index in [4.69, 9.17) is 0 Å². The van der Waals surface area contributed by atoms with Gasteiger partial charge in [0, 0.05) is 29.7 Å². The van der Waals surface area contributed by atoms with Crippen LogP contribution < -0.4 is 4.90 Å². The summed E-state index contributed by atoms with van der Waals surface area (Å²) in [5, 5.41) is 9.92. The van der Waals surface area contributed by atoms with E-state index >= 15 is 0 Å². The molecule has 1 aliphatic heterocycles. The first kappa shape index (κ1) is 17.0. The summed E-state index contributed by atoms with van der Waals surface area (Å²) in [6.45, 7) is 3.00. The van der Waals surface area contributed by atoms with Crippen molar-refractivity contribution in [2.75, 3.05) is 17.2 Å². The Morgan fingerprint density at radius 3 is 2.88 bits per heavy atom. The van der Waals surface area contributed by atoms with Crippen molar-refractivity contribution in [2.24, 2.45) is 7.05 Å². The highest BCUT2D eigenvalue weighted by atomic mass is 32.2. The van der Waals surface area contributed by atoms with E-state index in [9.17, 15) is 4.79 Å². The van der Waals surface area contributed by atoms with E-state index in [0.717, 1.165) is 29.6 Å². The lowest BCUT2D eigenvalue weighted by Crippen LogP contribution is -2.33. The fourth-order valence-corrected chi connectivity index (χ4v) is 5.01. The first-order chi connectivity index (χ1) is 12.1. The van der Waals surface area contributed by atoms with Crippen molar-refractivity contribution in [3.8, 4) is 0 Å². The molecule has 0 N–H and O–H groups in total. The van der Waals surface area contributed by atoms with Crippen LogP contribution in [0.3, 0.4) is 0 Å². The minimum atomic E-state index is 0.142. The molecule has 25 heavy (non-hydrogen) atoms. The Bertz CT molecular complexity index is 787. The van der Waals surface area contributed by atoms with Crippen LogP contribution in [0, 0.1) is 0 Å². The Morgan fingerprint density at radius 1 is 1.28 bits per heavy atom. The molecule has 1 aliphatic carbocycles. The number of para-hydroxylation sites is 1. The first-order valence-electron chi connectivity index (χ1n) is 8.71. The number of carbonyl (C=O) groups excluding carboxylic acids is 1. The van der Waals surface area contributed by atoms with Crippen molar-refractivity contribution >= 4 is 35.1 Å². The highest BCUT2D eigenvalue weighted by molar-refractivity contribution is 8.00. The summed E-state index contributed by atoms with van der Waals surface area (Å²) in [5.41, 5.74) is 1.04. The molecule has 1 aromatic carbocycles. The fourth-order valence-electron chi connectivity index (χ4n) is 3.10. The first-order valence-corrected chi connectivity index (χ1v) is 10.6. The topological polar surface area (TPSA) is 51.0 Å². The highest BCUT2D eigenvalue weighted by Crippen LogP contribution is 2.40. The van der Waals surface area contributed by atoms with Gasteiger partial charge in [-0.2, -0.15) is 0 Å². The van der Waals surface area contributed by atoms with E-state index in [1.807, 2.05) is 40.4 Å². The number of nitrogens with zero attached hydrogens (tertiary/aromatic N) is 4. The van der Waals surface area contributed by atoms with Gasteiger partial charge in [-0.25, -0.2) is 0 Å². The van der Waals surface area contributed by atoms with Crippen molar-refractivity contribution in [3.05, 3.63) is 30.1 Å². The molecule has 5 nitrogen and oxygen atoms in total. The molecule has 2 aromatic rings. The standard InChI is InChI=1S/C18H22N4OS2/c1-12-9-10-22(14-5-3-4-6-15(14)25-12)16(23)11-24-18-20-19-17(21(18)2)13-7-8-13/h3-6,12-13H,7-11H2,1-2H3. The lowest BCUT2D eigenvalue weighted by atomic mass is 10.2. The third-order valence-corrected chi connectivity index (χ3v) is 6.92. The van der Waals surface area contributed by atoms with Gasteiger partial charge in [0.25, 0.3) is 0 Å². The van der Waals surface area contributed by atoms with Gasteiger partial charge in [-0.15, -0.1) is 22.0 Å². The third kappa shape index (κ3) is 3.58. The monoisotopic (exact) mass is 374 g/mol.